The number of benzene rings is 2. The maximum atomic E-state index is 12.9. The number of carbonyl (C=O) groups excluding carboxylic acids is 1. The van der Waals surface area contributed by atoms with Crippen LogP contribution < -0.4 is 4.90 Å². The van der Waals surface area contributed by atoms with Crippen LogP contribution in [0.3, 0.4) is 0 Å². The first-order chi connectivity index (χ1) is 16.2. The van der Waals surface area contributed by atoms with E-state index in [1.54, 1.807) is 0 Å². The Morgan fingerprint density at radius 3 is 2.30 bits per heavy atom. The quantitative estimate of drug-likeness (QED) is 0.595. The lowest BCUT2D eigenvalue weighted by Crippen LogP contribution is -2.49. The first-order valence-electron chi connectivity index (χ1n) is 12.3. The molecule has 0 radical (unpaired) electrons. The number of amides is 1. The molecule has 0 unspecified atom stereocenters. The third-order valence-corrected chi connectivity index (χ3v) is 7.16. The molecule has 2 aliphatic heterocycles. The fourth-order valence-corrected chi connectivity index (χ4v) is 5.06. The zero-order valence-corrected chi connectivity index (χ0v) is 19.5. The van der Waals surface area contributed by atoms with Gasteiger partial charge in [-0.3, -0.25) is 4.79 Å². The van der Waals surface area contributed by atoms with Crippen molar-refractivity contribution in [2.45, 2.75) is 26.2 Å². The Labute approximate surface area is 196 Å². The number of rotatable bonds is 5. The molecule has 3 heterocycles. The molecule has 0 N–H and O–H groups in total. The van der Waals surface area contributed by atoms with E-state index in [9.17, 15) is 4.79 Å². The fraction of sp³-hybridized carbons (Fsp3) is 0.444. The highest BCUT2D eigenvalue weighted by molar-refractivity contribution is 5.91. The second-order valence-electron chi connectivity index (χ2n) is 9.20. The van der Waals surface area contributed by atoms with Gasteiger partial charge in [0, 0.05) is 56.6 Å². The summed E-state index contributed by atoms with van der Waals surface area (Å²) in [7, 11) is 0. The molecule has 2 aliphatic rings. The molecule has 6 heteroatoms. The number of piperidine rings is 1. The molecular weight excluding hydrogens is 410 g/mol. The molecule has 172 valence electrons. The van der Waals surface area contributed by atoms with E-state index < -0.39 is 0 Å². The maximum Gasteiger partial charge on any atom is 0.222 e. The van der Waals surface area contributed by atoms with Gasteiger partial charge in [-0.05, 0) is 37.4 Å². The maximum absolute atomic E-state index is 12.9. The van der Waals surface area contributed by atoms with E-state index in [0.29, 0.717) is 18.2 Å². The molecule has 2 saturated heterocycles. The van der Waals surface area contributed by atoms with Crippen LogP contribution in [0.2, 0.25) is 0 Å². The van der Waals surface area contributed by atoms with Crippen LogP contribution in [0.4, 0.5) is 5.82 Å². The summed E-state index contributed by atoms with van der Waals surface area (Å²) in [6.45, 7) is 8.88. The molecule has 0 aliphatic carbocycles. The number of likely N-dealkylation sites (N-methyl/N-ethyl adjacent to an activating group) is 1. The minimum Gasteiger partial charge on any atom is -0.356 e. The number of hydrogen-bond donors (Lipinski definition) is 0. The topological polar surface area (TPSA) is 52.6 Å². The van der Waals surface area contributed by atoms with Crippen molar-refractivity contribution in [1.82, 2.24) is 19.8 Å². The lowest BCUT2D eigenvalue weighted by molar-refractivity contribution is -0.134. The van der Waals surface area contributed by atoms with Crippen molar-refractivity contribution < 1.29 is 4.79 Å². The lowest BCUT2D eigenvalue weighted by Gasteiger charge is -2.36. The molecule has 0 spiro atoms. The van der Waals surface area contributed by atoms with E-state index in [-0.39, 0.29) is 0 Å². The summed E-state index contributed by atoms with van der Waals surface area (Å²) in [4.78, 5) is 29.6. The van der Waals surface area contributed by atoms with E-state index in [0.717, 1.165) is 86.8 Å². The molecule has 0 saturated carbocycles. The molecule has 5 rings (SSSR count). The first-order valence-corrected chi connectivity index (χ1v) is 12.3. The minimum absolute atomic E-state index is 0.336. The van der Waals surface area contributed by atoms with Crippen molar-refractivity contribution in [3.05, 3.63) is 54.6 Å². The highest BCUT2D eigenvalue weighted by Gasteiger charge is 2.27. The molecule has 2 fully saturated rings. The molecule has 2 aromatic carbocycles. The predicted molar refractivity (Wildman–Crippen MR) is 133 cm³/mol. The number of piperazine rings is 1. The van der Waals surface area contributed by atoms with Gasteiger partial charge < -0.3 is 14.7 Å². The van der Waals surface area contributed by atoms with E-state index in [2.05, 4.69) is 52.0 Å². The monoisotopic (exact) mass is 443 g/mol. The normalized spacial score (nSPS) is 18.1. The molecule has 33 heavy (non-hydrogen) atoms. The van der Waals surface area contributed by atoms with Crippen LogP contribution in [0.1, 0.15) is 26.2 Å². The van der Waals surface area contributed by atoms with Gasteiger partial charge in [-0.1, -0.05) is 49.4 Å². The average Bonchev–Trinajstić information content (AvgIpc) is 2.89. The van der Waals surface area contributed by atoms with Gasteiger partial charge in [0.25, 0.3) is 0 Å². The van der Waals surface area contributed by atoms with Gasteiger partial charge >= 0.3 is 0 Å². The average molecular weight is 444 g/mol. The van der Waals surface area contributed by atoms with Crippen LogP contribution >= 0.6 is 0 Å². The number of nitrogens with zero attached hydrogens (tertiary/aromatic N) is 5. The Balaban J connectivity index is 1.27. The van der Waals surface area contributed by atoms with Crippen molar-refractivity contribution in [3.8, 4) is 11.4 Å². The van der Waals surface area contributed by atoms with E-state index in [1.165, 1.54) is 0 Å². The number of aromatic nitrogens is 2. The number of fused-ring (bicyclic) bond motifs is 1. The lowest BCUT2D eigenvalue weighted by atomic mass is 9.92. The summed E-state index contributed by atoms with van der Waals surface area (Å²) < 4.78 is 0. The van der Waals surface area contributed by atoms with Gasteiger partial charge in [-0.2, -0.15) is 0 Å². The van der Waals surface area contributed by atoms with Crippen LogP contribution in [0.15, 0.2) is 54.6 Å². The third kappa shape index (κ3) is 4.86. The van der Waals surface area contributed by atoms with Gasteiger partial charge in [-0.25, -0.2) is 9.97 Å². The molecule has 6 nitrogen and oxygen atoms in total. The van der Waals surface area contributed by atoms with Gasteiger partial charge in [0.2, 0.25) is 5.91 Å². The Hall–Kier alpha value is -2.99. The van der Waals surface area contributed by atoms with Crippen molar-refractivity contribution in [1.29, 1.82) is 0 Å². The van der Waals surface area contributed by atoms with Crippen LogP contribution in [0, 0.1) is 5.92 Å². The van der Waals surface area contributed by atoms with Crippen molar-refractivity contribution >= 4 is 22.6 Å². The standard InChI is InChI=1S/C27H33N5O/c1-2-30-16-18-31(19-17-30)25(33)20-21-12-14-32(15-13-21)27-23-10-6-7-11-24(23)28-26(29-27)22-8-4-3-5-9-22/h3-11,21H,2,12-20H2,1H3. The Bertz CT molecular complexity index is 1090. The summed E-state index contributed by atoms with van der Waals surface area (Å²) >= 11 is 0. The summed E-state index contributed by atoms with van der Waals surface area (Å²) in [5.41, 5.74) is 2.01. The third-order valence-electron chi connectivity index (χ3n) is 7.16. The molecule has 1 aromatic heterocycles. The highest BCUT2D eigenvalue weighted by atomic mass is 16.2. The highest BCUT2D eigenvalue weighted by Crippen LogP contribution is 2.31. The molecule has 1 amide bonds. The van der Waals surface area contributed by atoms with Crippen molar-refractivity contribution in [2.24, 2.45) is 5.92 Å². The molecule has 0 bridgehead atoms. The molecular formula is C27H33N5O. The van der Waals surface area contributed by atoms with Crippen LogP contribution in [0.25, 0.3) is 22.3 Å². The summed E-state index contributed by atoms with van der Waals surface area (Å²) in [6.07, 6.45) is 2.74. The number of anilines is 1. The zero-order chi connectivity index (χ0) is 22.6. The second-order valence-corrected chi connectivity index (χ2v) is 9.20. The van der Waals surface area contributed by atoms with Gasteiger partial charge in [0.1, 0.15) is 5.82 Å². The van der Waals surface area contributed by atoms with Crippen LogP contribution in [0.5, 0.6) is 0 Å². The number of para-hydroxylation sites is 1. The summed E-state index contributed by atoms with van der Waals surface area (Å²) in [6, 6.07) is 18.5. The van der Waals surface area contributed by atoms with E-state index in [4.69, 9.17) is 9.97 Å². The summed E-state index contributed by atoms with van der Waals surface area (Å²) in [5, 5.41) is 1.10. The number of hydrogen-bond acceptors (Lipinski definition) is 5. The molecule has 3 aromatic rings. The van der Waals surface area contributed by atoms with Crippen LogP contribution in [-0.4, -0.2) is 71.5 Å². The Morgan fingerprint density at radius 1 is 0.879 bits per heavy atom. The zero-order valence-electron chi connectivity index (χ0n) is 19.5. The Kier molecular flexibility index (Phi) is 6.53. The fourth-order valence-electron chi connectivity index (χ4n) is 5.06. The van der Waals surface area contributed by atoms with Gasteiger partial charge in [0.15, 0.2) is 5.82 Å². The van der Waals surface area contributed by atoms with E-state index in [1.807, 2.05) is 24.3 Å². The largest absolute Gasteiger partial charge is 0.356 e. The van der Waals surface area contributed by atoms with Crippen LogP contribution in [-0.2, 0) is 4.79 Å². The second kappa shape index (κ2) is 9.87. The minimum atomic E-state index is 0.336. The van der Waals surface area contributed by atoms with Crippen molar-refractivity contribution in [2.75, 3.05) is 50.7 Å². The van der Waals surface area contributed by atoms with E-state index >= 15 is 0 Å². The molecule has 0 atom stereocenters. The SMILES string of the molecule is CCN1CCN(C(=O)CC2CCN(c3nc(-c4ccccc4)nc4ccccc34)CC2)CC1. The smallest absolute Gasteiger partial charge is 0.222 e. The number of carbonyl (C=O) groups is 1. The van der Waals surface area contributed by atoms with Gasteiger partial charge in [-0.15, -0.1) is 0 Å². The first kappa shape index (κ1) is 21.8. The van der Waals surface area contributed by atoms with Crippen molar-refractivity contribution in [3.63, 3.8) is 0 Å². The predicted octanol–water partition coefficient (Wildman–Crippen LogP) is 4.07. The van der Waals surface area contributed by atoms with Gasteiger partial charge in [0.05, 0.1) is 5.52 Å². The summed E-state index contributed by atoms with van der Waals surface area (Å²) in [5.74, 6) is 2.58. The Morgan fingerprint density at radius 2 is 1.58 bits per heavy atom.